The van der Waals surface area contributed by atoms with Gasteiger partial charge >= 0.3 is 0 Å². The van der Waals surface area contributed by atoms with E-state index < -0.39 is 60.1 Å². The molecule has 2 aliphatic heterocycles. The molecule has 0 fully saturated rings. The Labute approximate surface area is 313 Å². The minimum absolute atomic E-state index is 0.0127. The zero-order chi connectivity index (χ0) is 39.7. The van der Waals surface area contributed by atoms with E-state index in [9.17, 15) is 51.9 Å². The third kappa shape index (κ3) is 5.78. The number of benzene rings is 4. The van der Waals surface area contributed by atoms with Crippen LogP contribution in [0.4, 0.5) is 0 Å². The Morgan fingerprint density at radius 2 is 0.821 bits per heavy atom. The fourth-order valence-corrected chi connectivity index (χ4v) is 8.62. The van der Waals surface area contributed by atoms with Crippen LogP contribution in [0, 0.1) is 0 Å². The van der Waals surface area contributed by atoms with Gasteiger partial charge in [-0.15, -0.1) is 0 Å². The maximum Gasteiger partial charge on any atom is 0.164 e. The summed E-state index contributed by atoms with van der Waals surface area (Å²) < 4.78 is 146. The molecule has 20 nitrogen and oxygen atoms in total. The van der Waals surface area contributed by atoms with Crippen LogP contribution in [0.3, 0.4) is 0 Å². The first-order valence-electron chi connectivity index (χ1n) is 15.5. The predicted octanol–water partition coefficient (Wildman–Crippen LogP) is 2.49. The molecule has 0 spiro atoms. The van der Waals surface area contributed by atoms with Gasteiger partial charge in [-0.25, -0.2) is 63.6 Å². The van der Waals surface area contributed by atoms with E-state index >= 15 is 0 Å². The smallest absolute Gasteiger partial charge is 0.164 e. The number of rotatable bonds is 4. The molecule has 7 aromatic rings. The second-order valence-electron chi connectivity index (χ2n) is 12.2. The average Bonchev–Trinajstić information content (AvgIpc) is 3.84. The van der Waals surface area contributed by atoms with Crippen LogP contribution in [-0.4, -0.2) is 91.8 Å². The molecule has 24 heteroatoms. The highest BCUT2D eigenvalue weighted by molar-refractivity contribution is 7.86. The molecule has 4 aromatic carbocycles. The van der Waals surface area contributed by atoms with Gasteiger partial charge in [0, 0.05) is 43.8 Å². The van der Waals surface area contributed by atoms with Crippen LogP contribution in [0.1, 0.15) is 0 Å². The summed E-state index contributed by atoms with van der Waals surface area (Å²) in [6, 6.07) is 13.4. The van der Waals surface area contributed by atoms with Crippen LogP contribution in [0.2, 0.25) is 0 Å². The molecule has 0 amide bonds. The summed E-state index contributed by atoms with van der Waals surface area (Å²) in [4.78, 5) is 30.1. The van der Waals surface area contributed by atoms with E-state index in [0.717, 1.165) is 42.5 Å². The number of aromatic nitrogens is 8. The van der Waals surface area contributed by atoms with E-state index in [0.29, 0.717) is 0 Å². The number of H-pyrrole nitrogens is 2. The largest absolute Gasteiger partial charge is 0.744 e. The molecule has 0 saturated heterocycles. The van der Waals surface area contributed by atoms with E-state index in [1.807, 2.05) is 0 Å². The number of aromatic amines is 2. The highest BCUT2D eigenvalue weighted by atomic mass is 32.2. The van der Waals surface area contributed by atoms with Crippen LogP contribution in [0.5, 0.6) is 0 Å². The zero-order valence-electron chi connectivity index (χ0n) is 27.1. The van der Waals surface area contributed by atoms with Crippen molar-refractivity contribution in [1.29, 1.82) is 0 Å². The van der Waals surface area contributed by atoms with E-state index in [2.05, 4.69) is 39.9 Å². The summed E-state index contributed by atoms with van der Waals surface area (Å²) in [7, 11) is -20.2. The molecule has 0 saturated carbocycles. The summed E-state index contributed by atoms with van der Waals surface area (Å²) in [5, 5.41) is -0.0500. The summed E-state index contributed by atoms with van der Waals surface area (Å²) >= 11 is 0. The van der Waals surface area contributed by atoms with Gasteiger partial charge in [0.15, 0.2) is 23.3 Å². The highest BCUT2D eigenvalue weighted by Crippen LogP contribution is 2.39. The van der Waals surface area contributed by atoms with E-state index in [-0.39, 0.29) is 89.7 Å². The second kappa shape index (κ2) is 11.7. The molecule has 5 heterocycles. The third-order valence-electron chi connectivity index (χ3n) is 8.87. The van der Waals surface area contributed by atoms with Crippen molar-refractivity contribution in [3.05, 3.63) is 72.8 Å². The zero-order valence-corrected chi connectivity index (χ0v) is 30.4. The number of fused-ring (bicyclic) bond motifs is 20. The molecular weight excluding hydrogens is 817 g/mol. The Morgan fingerprint density at radius 1 is 0.393 bits per heavy atom. The molecule has 2 aliphatic rings. The van der Waals surface area contributed by atoms with Gasteiger partial charge in [0.2, 0.25) is 0 Å². The van der Waals surface area contributed by atoms with Gasteiger partial charge < -0.3 is 28.2 Å². The molecule has 0 atom stereocenters. The van der Waals surface area contributed by atoms with Crippen LogP contribution < -0.4 is 0 Å². The maximum atomic E-state index is 12.5. The lowest BCUT2D eigenvalue weighted by Gasteiger charge is -2.08. The first-order valence-corrected chi connectivity index (χ1v) is 21.1. The van der Waals surface area contributed by atoms with Crippen LogP contribution in [0.25, 0.3) is 89.7 Å². The predicted molar refractivity (Wildman–Crippen MR) is 188 cm³/mol. The molecule has 9 rings (SSSR count). The summed E-state index contributed by atoms with van der Waals surface area (Å²) in [5.41, 5.74) is -0.481. The maximum absolute atomic E-state index is 12.5. The molecule has 3 aromatic heterocycles. The summed E-state index contributed by atoms with van der Waals surface area (Å²) in [5.74, 6) is -0.873. The van der Waals surface area contributed by atoms with Gasteiger partial charge in [-0.2, -0.15) is 0 Å². The summed E-state index contributed by atoms with van der Waals surface area (Å²) in [6.45, 7) is 0. The van der Waals surface area contributed by atoms with Crippen molar-refractivity contribution in [2.45, 2.75) is 19.6 Å². The Hall–Kier alpha value is -6.12. The number of nitrogens with one attached hydrogen (secondary N) is 2. The van der Waals surface area contributed by atoms with Gasteiger partial charge in [0.25, 0.3) is 0 Å². The molecule has 2 N–H and O–H groups in total. The van der Waals surface area contributed by atoms with E-state index in [4.69, 9.17) is 0 Å². The monoisotopic (exact) mass is 830 g/mol. The molecule has 282 valence electrons. The van der Waals surface area contributed by atoms with Crippen molar-refractivity contribution in [3.63, 3.8) is 0 Å². The van der Waals surface area contributed by atoms with Crippen molar-refractivity contribution < 1.29 is 51.9 Å². The quantitative estimate of drug-likeness (QED) is 0.241. The lowest BCUT2D eigenvalue weighted by molar-refractivity contribution is 0.461. The minimum Gasteiger partial charge on any atom is -0.744 e. The molecule has 0 aliphatic carbocycles. The second-order valence-corrected chi connectivity index (χ2v) is 17.7. The topological polar surface area (TPSA) is 338 Å². The Morgan fingerprint density at radius 3 is 1.34 bits per heavy atom. The van der Waals surface area contributed by atoms with Crippen molar-refractivity contribution in [1.82, 2.24) is 39.9 Å². The van der Waals surface area contributed by atoms with E-state index in [1.165, 1.54) is 30.3 Å². The Balaban J connectivity index is 1.52. The fourth-order valence-electron chi connectivity index (χ4n) is 6.42. The number of hydrogen-bond donors (Lipinski definition) is 2. The van der Waals surface area contributed by atoms with Gasteiger partial charge in [-0.1, -0.05) is 12.1 Å². The molecular formula is C32H14N8O12S4-4. The Kier molecular flexibility index (Phi) is 7.43. The van der Waals surface area contributed by atoms with Crippen LogP contribution in [0.15, 0.2) is 92.4 Å². The number of nitrogens with zero attached hydrogens (tertiary/aromatic N) is 6. The van der Waals surface area contributed by atoms with Crippen LogP contribution >= 0.6 is 0 Å². The molecule has 0 unspecified atom stereocenters. The van der Waals surface area contributed by atoms with Crippen LogP contribution in [-0.2, 0) is 40.5 Å². The van der Waals surface area contributed by atoms with Gasteiger partial charge in [-0.3, -0.25) is 0 Å². The molecule has 56 heavy (non-hydrogen) atoms. The first kappa shape index (κ1) is 35.6. The SMILES string of the molecule is O=S(=O)([O-])c1ccc2c(c1)-c1nc-2nc2[nH]c(nc3nc(nc4[nH]c(n1)c1ccc(S(=O)(=O)[O-])cc41)-c1ccc(S(=O)(=O)[O-])cc1-3)c1cccc(S(=O)(=O)[O-])c21. The van der Waals surface area contributed by atoms with Gasteiger partial charge in [-0.05, 0) is 60.7 Å². The lowest BCUT2D eigenvalue weighted by atomic mass is 10.1. The van der Waals surface area contributed by atoms with Gasteiger partial charge in [0.1, 0.15) is 63.1 Å². The van der Waals surface area contributed by atoms with Crippen molar-refractivity contribution in [2.75, 3.05) is 0 Å². The number of hydrogen-bond acceptors (Lipinski definition) is 18. The average molecular weight is 831 g/mol. The normalized spacial score (nSPS) is 13.2. The lowest BCUT2D eigenvalue weighted by Crippen LogP contribution is -1.99. The first-order chi connectivity index (χ1) is 26.2. The van der Waals surface area contributed by atoms with Crippen molar-refractivity contribution in [3.8, 4) is 45.6 Å². The fraction of sp³-hybridized carbons (Fsp3) is 0. The van der Waals surface area contributed by atoms with Gasteiger partial charge in [0.05, 0.1) is 19.6 Å². The highest BCUT2D eigenvalue weighted by Gasteiger charge is 2.25. The molecule has 8 bridgehead atoms. The van der Waals surface area contributed by atoms with Crippen molar-refractivity contribution >= 4 is 84.6 Å². The Bertz CT molecular complexity index is 3570. The van der Waals surface area contributed by atoms with Crippen molar-refractivity contribution in [2.24, 2.45) is 0 Å². The van der Waals surface area contributed by atoms with E-state index in [1.54, 1.807) is 0 Å². The molecule has 0 radical (unpaired) electrons. The standard InChI is InChI=1S/C32H18N8O12S4/c41-53(42,43)13-4-7-16-20(10-13)29-33-25(16)35-30-22-12-15(55(47,48)49)6-9-18(22)27(37-30)39-32-24-19(2-1-3-23(24)56(50,51)52)28(40-32)38-31-21-11-14(54(44,45)46)5-8-17(21)26(34-29)36-31/h1-12H,(H,41,42,43)(H,44,45,46)(H,47,48,49)(H,50,51,52)(H2,33,34,35,36,37,38,39,40)/p-4. The minimum atomic E-state index is -5.18. The summed E-state index contributed by atoms with van der Waals surface area (Å²) in [6.07, 6.45) is 0. The third-order valence-corrected chi connectivity index (χ3v) is 12.2.